The number of unbranched alkanes of at least 4 members (excludes halogenated alkanes) is 22. The van der Waals surface area contributed by atoms with Gasteiger partial charge in [-0.25, -0.2) is 4.79 Å². The number of amides is 1. The number of carbonyl (C=O) groups excluding carboxylic acids is 2. The molecule has 0 radical (unpaired) electrons. The summed E-state index contributed by atoms with van der Waals surface area (Å²) in [5, 5.41) is 2.95. The number of nitrogens with one attached hydrogen (secondary N) is 1. The van der Waals surface area contributed by atoms with Gasteiger partial charge in [0.2, 0.25) is 5.91 Å². The van der Waals surface area contributed by atoms with Crippen molar-refractivity contribution in [1.29, 1.82) is 0 Å². The first-order valence-corrected chi connectivity index (χ1v) is 17.3. The van der Waals surface area contributed by atoms with Gasteiger partial charge < -0.3 is 15.8 Å². The topological polar surface area (TPSA) is 81.4 Å². The van der Waals surface area contributed by atoms with Gasteiger partial charge in [0.25, 0.3) is 0 Å². The average molecular weight is 553 g/mol. The Hall–Kier alpha value is -1.10. The van der Waals surface area contributed by atoms with E-state index in [0.717, 1.165) is 38.5 Å². The van der Waals surface area contributed by atoms with Crippen LogP contribution < -0.4 is 11.1 Å². The summed E-state index contributed by atoms with van der Waals surface area (Å²) < 4.78 is 5.53. The van der Waals surface area contributed by atoms with Gasteiger partial charge in [0.1, 0.15) is 6.04 Å². The van der Waals surface area contributed by atoms with Gasteiger partial charge in [-0.1, -0.05) is 149 Å². The predicted octanol–water partition coefficient (Wildman–Crippen LogP) is 9.55. The van der Waals surface area contributed by atoms with E-state index >= 15 is 0 Å². The van der Waals surface area contributed by atoms with E-state index in [1.165, 1.54) is 122 Å². The van der Waals surface area contributed by atoms with Crippen LogP contribution in [0.3, 0.4) is 0 Å². The quantitative estimate of drug-likeness (QED) is 0.0662. The molecule has 5 heteroatoms. The van der Waals surface area contributed by atoms with Crippen LogP contribution in [0.5, 0.6) is 0 Å². The summed E-state index contributed by atoms with van der Waals surface area (Å²) in [7, 11) is 0. The maximum absolute atomic E-state index is 12.6. The first kappa shape index (κ1) is 37.9. The monoisotopic (exact) mass is 553 g/mol. The third-order valence-electron chi connectivity index (χ3n) is 7.82. The normalized spacial score (nSPS) is 12.0. The lowest BCUT2D eigenvalue weighted by molar-refractivity contribution is -0.148. The molecule has 0 aromatic carbocycles. The van der Waals surface area contributed by atoms with E-state index in [1.54, 1.807) is 0 Å². The molecular formula is C34H68N2O3. The molecule has 0 aromatic heterocycles. The van der Waals surface area contributed by atoms with Crippen molar-refractivity contribution in [2.75, 3.05) is 13.2 Å². The SMILES string of the molecule is CCCCCCCCCCCCCCCCCC(=O)N[C@@H](CCCCN)C(=O)OCCCCCCCCCC. The highest BCUT2D eigenvalue weighted by Crippen LogP contribution is 2.14. The van der Waals surface area contributed by atoms with Crippen molar-refractivity contribution in [2.45, 2.75) is 193 Å². The van der Waals surface area contributed by atoms with Crippen molar-refractivity contribution < 1.29 is 14.3 Å². The van der Waals surface area contributed by atoms with E-state index in [9.17, 15) is 9.59 Å². The number of carbonyl (C=O) groups is 2. The fourth-order valence-corrected chi connectivity index (χ4v) is 5.17. The van der Waals surface area contributed by atoms with Crippen molar-refractivity contribution in [1.82, 2.24) is 5.32 Å². The molecule has 0 aromatic rings. The molecule has 0 bridgehead atoms. The van der Waals surface area contributed by atoms with Gasteiger partial charge >= 0.3 is 5.97 Å². The molecule has 1 amide bonds. The van der Waals surface area contributed by atoms with Crippen LogP contribution in [-0.2, 0) is 14.3 Å². The summed E-state index contributed by atoms with van der Waals surface area (Å²) in [4.78, 5) is 25.1. The van der Waals surface area contributed by atoms with E-state index in [4.69, 9.17) is 10.5 Å². The standard InChI is InChI=1S/C34H68N2O3/c1-3-5-7-9-11-13-14-15-16-17-18-19-20-22-24-29-33(37)36-32(28-25-26-30-35)34(38)39-31-27-23-21-12-10-8-6-4-2/h32H,3-31,35H2,1-2H3,(H,36,37)/t32-/m0/s1. The molecule has 39 heavy (non-hydrogen) atoms. The summed E-state index contributed by atoms with van der Waals surface area (Å²) in [6, 6.07) is -0.533. The highest BCUT2D eigenvalue weighted by Gasteiger charge is 2.21. The molecule has 0 aliphatic carbocycles. The van der Waals surface area contributed by atoms with Crippen LogP contribution in [0, 0.1) is 0 Å². The van der Waals surface area contributed by atoms with Gasteiger partial charge in [-0.15, -0.1) is 0 Å². The van der Waals surface area contributed by atoms with E-state index in [0.29, 0.717) is 26.0 Å². The minimum Gasteiger partial charge on any atom is -0.464 e. The Morgan fingerprint density at radius 1 is 0.564 bits per heavy atom. The van der Waals surface area contributed by atoms with Crippen LogP contribution in [0.1, 0.15) is 187 Å². The lowest BCUT2D eigenvalue weighted by atomic mass is 10.0. The fraction of sp³-hybridized carbons (Fsp3) is 0.941. The summed E-state index contributed by atoms with van der Waals surface area (Å²) >= 11 is 0. The third-order valence-corrected chi connectivity index (χ3v) is 7.82. The Labute approximate surface area is 243 Å². The zero-order valence-corrected chi connectivity index (χ0v) is 26.4. The molecule has 0 fully saturated rings. The fourth-order valence-electron chi connectivity index (χ4n) is 5.17. The first-order chi connectivity index (χ1) is 19.2. The zero-order chi connectivity index (χ0) is 28.7. The third kappa shape index (κ3) is 28.2. The summed E-state index contributed by atoms with van der Waals surface area (Å²) in [6.45, 7) is 5.57. The lowest BCUT2D eigenvalue weighted by Crippen LogP contribution is -2.42. The largest absolute Gasteiger partial charge is 0.464 e. The van der Waals surface area contributed by atoms with Gasteiger partial charge in [0.15, 0.2) is 0 Å². The van der Waals surface area contributed by atoms with E-state index in [1.807, 2.05) is 0 Å². The van der Waals surface area contributed by atoms with Gasteiger partial charge in [-0.2, -0.15) is 0 Å². The molecule has 232 valence electrons. The molecule has 0 spiro atoms. The number of hydrogen-bond donors (Lipinski definition) is 2. The van der Waals surface area contributed by atoms with Crippen LogP contribution in [0.4, 0.5) is 0 Å². The molecule has 5 nitrogen and oxygen atoms in total. The van der Waals surface area contributed by atoms with Gasteiger partial charge in [0, 0.05) is 6.42 Å². The average Bonchev–Trinajstić information content (AvgIpc) is 2.93. The van der Waals surface area contributed by atoms with Crippen molar-refractivity contribution in [3.05, 3.63) is 0 Å². The lowest BCUT2D eigenvalue weighted by Gasteiger charge is -2.18. The maximum Gasteiger partial charge on any atom is 0.328 e. The van der Waals surface area contributed by atoms with Crippen molar-refractivity contribution in [3.8, 4) is 0 Å². The van der Waals surface area contributed by atoms with Crippen LogP contribution in [0.15, 0.2) is 0 Å². The number of hydrogen-bond acceptors (Lipinski definition) is 4. The number of esters is 1. The van der Waals surface area contributed by atoms with Crippen molar-refractivity contribution in [2.24, 2.45) is 5.73 Å². The van der Waals surface area contributed by atoms with Crippen molar-refractivity contribution in [3.63, 3.8) is 0 Å². The molecule has 1 atom stereocenters. The van der Waals surface area contributed by atoms with Crippen LogP contribution in [0.2, 0.25) is 0 Å². The minimum absolute atomic E-state index is 0.0218. The summed E-state index contributed by atoms with van der Waals surface area (Å²) in [5.74, 6) is -0.300. The van der Waals surface area contributed by atoms with Gasteiger partial charge in [-0.05, 0) is 38.6 Å². The van der Waals surface area contributed by atoms with Crippen LogP contribution in [0.25, 0.3) is 0 Å². The number of rotatable bonds is 31. The molecule has 0 rings (SSSR count). The van der Waals surface area contributed by atoms with E-state index < -0.39 is 6.04 Å². The Bertz CT molecular complexity index is 527. The van der Waals surface area contributed by atoms with Gasteiger partial charge in [0.05, 0.1) is 6.61 Å². The van der Waals surface area contributed by atoms with Crippen molar-refractivity contribution >= 4 is 11.9 Å². The Morgan fingerprint density at radius 2 is 0.974 bits per heavy atom. The Kier molecular flexibility index (Phi) is 30.5. The first-order valence-electron chi connectivity index (χ1n) is 17.3. The maximum atomic E-state index is 12.6. The molecule has 0 aliphatic rings. The summed E-state index contributed by atoms with van der Waals surface area (Å²) in [6.07, 6.45) is 32.2. The number of nitrogens with two attached hydrogens (primary N) is 1. The Balaban J connectivity index is 3.83. The summed E-state index contributed by atoms with van der Waals surface area (Å²) in [5.41, 5.74) is 5.62. The zero-order valence-electron chi connectivity index (χ0n) is 26.4. The van der Waals surface area contributed by atoms with Crippen LogP contribution >= 0.6 is 0 Å². The second kappa shape index (κ2) is 31.4. The minimum atomic E-state index is -0.533. The van der Waals surface area contributed by atoms with Crippen LogP contribution in [-0.4, -0.2) is 31.1 Å². The molecule has 0 saturated heterocycles. The Morgan fingerprint density at radius 3 is 1.41 bits per heavy atom. The second-order valence-electron chi connectivity index (χ2n) is 11.7. The molecule has 0 unspecified atom stereocenters. The molecule has 3 N–H and O–H groups in total. The molecule has 0 saturated carbocycles. The number of ether oxygens (including phenoxy) is 1. The van der Waals surface area contributed by atoms with E-state index in [2.05, 4.69) is 19.2 Å². The highest BCUT2D eigenvalue weighted by atomic mass is 16.5. The van der Waals surface area contributed by atoms with E-state index in [-0.39, 0.29) is 11.9 Å². The molecule has 0 heterocycles. The van der Waals surface area contributed by atoms with Gasteiger partial charge in [-0.3, -0.25) is 4.79 Å². The highest BCUT2D eigenvalue weighted by molar-refractivity contribution is 5.84. The second-order valence-corrected chi connectivity index (χ2v) is 11.7. The predicted molar refractivity (Wildman–Crippen MR) is 168 cm³/mol. The molecule has 0 aliphatic heterocycles. The smallest absolute Gasteiger partial charge is 0.328 e. The molecular weight excluding hydrogens is 484 g/mol.